The topological polar surface area (TPSA) is 50.8 Å². The maximum absolute atomic E-state index is 12.9. The monoisotopic (exact) mass is 380 g/mol. The largest absolute Gasteiger partial charge is 0.490 e. The van der Waals surface area contributed by atoms with Gasteiger partial charge in [0, 0.05) is 19.6 Å². The van der Waals surface area contributed by atoms with Crippen molar-refractivity contribution in [2.24, 2.45) is 0 Å². The molecule has 28 heavy (non-hydrogen) atoms. The van der Waals surface area contributed by atoms with Crippen molar-refractivity contribution >= 4 is 5.91 Å². The lowest BCUT2D eigenvalue weighted by atomic mass is 10.0. The number of hydrogen-bond donors (Lipinski definition) is 1. The summed E-state index contributed by atoms with van der Waals surface area (Å²) in [7, 11) is 0. The zero-order chi connectivity index (χ0) is 19.3. The fourth-order valence-corrected chi connectivity index (χ4v) is 3.54. The minimum atomic E-state index is -0.0818. The lowest BCUT2D eigenvalue weighted by molar-refractivity contribution is 0.0162. The van der Waals surface area contributed by atoms with E-state index in [9.17, 15) is 4.79 Å². The van der Waals surface area contributed by atoms with Crippen LogP contribution >= 0.6 is 0 Å². The highest BCUT2D eigenvalue weighted by molar-refractivity contribution is 5.96. The molecule has 2 fully saturated rings. The van der Waals surface area contributed by atoms with E-state index in [-0.39, 0.29) is 18.1 Å². The number of carbonyl (C=O) groups is 1. The van der Waals surface area contributed by atoms with E-state index in [1.54, 1.807) is 0 Å². The third kappa shape index (κ3) is 4.72. The first-order valence-electron chi connectivity index (χ1n) is 10.1. The Labute approximate surface area is 166 Å². The molecule has 1 aliphatic carbocycles. The molecule has 1 saturated heterocycles. The molecule has 5 heteroatoms. The highest BCUT2D eigenvalue weighted by Crippen LogP contribution is 2.29. The quantitative estimate of drug-likeness (QED) is 0.800. The first-order chi connectivity index (χ1) is 13.7. The number of hydrogen-bond acceptors (Lipinski definition) is 4. The standard InChI is InChI=1S/C23H28N2O3/c1-17-6-8-18(9-7-17)21(25-12-14-27-15-13-25)16-24-23(26)20-4-2-3-5-22(20)28-19-10-11-19/h2-9,19,21H,10-16H2,1H3,(H,24,26). The Kier molecular flexibility index (Phi) is 5.93. The summed E-state index contributed by atoms with van der Waals surface area (Å²) in [6.45, 7) is 5.85. The van der Waals surface area contributed by atoms with Gasteiger partial charge in [-0.25, -0.2) is 0 Å². The van der Waals surface area contributed by atoms with Gasteiger partial charge in [-0.1, -0.05) is 42.0 Å². The van der Waals surface area contributed by atoms with Crippen LogP contribution in [-0.4, -0.2) is 49.8 Å². The van der Waals surface area contributed by atoms with Gasteiger partial charge < -0.3 is 14.8 Å². The van der Waals surface area contributed by atoms with Crippen molar-refractivity contribution in [2.45, 2.75) is 31.9 Å². The first kappa shape index (κ1) is 19.0. The van der Waals surface area contributed by atoms with Crippen LogP contribution in [0.1, 0.15) is 40.4 Å². The van der Waals surface area contributed by atoms with Crippen molar-refractivity contribution in [1.29, 1.82) is 0 Å². The number of nitrogens with one attached hydrogen (secondary N) is 1. The SMILES string of the molecule is Cc1ccc(C(CNC(=O)c2ccccc2OC2CC2)N2CCOCC2)cc1. The third-order valence-corrected chi connectivity index (χ3v) is 5.35. The van der Waals surface area contributed by atoms with Crippen LogP contribution in [0, 0.1) is 6.92 Å². The molecule has 1 atom stereocenters. The molecule has 1 heterocycles. The lowest BCUT2D eigenvalue weighted by Gasteiger charge is -2.35. The summed E-state index contributed by atoms with van der Waals surface area (Å²) in [6, 6.07) is 16.2. The molecule has 0 aromatic heterocycles. The Morgan fingerprint density at radius 1 is 1.14 bits per heavy atom. The Hall–Kier alpha value is -2.37. The van der Waals surface area contributed by atoms with Crippen LogP contribution in [0.2, 0.25) is 0 Å². The molecular weight excluding hydrogens is 352 g/mol. The molecule has 1 saturated carbocycles. The maximum Gasteiger partial charge on any atom is 0.255 e. The van der Waals surface area contributed by atoms with Gasteiger partial charge in [0.2, 0.25) is 0 Å². The fourth-order valence-electron chi connectivity index (χ4n) is 3.54. The van der Waals surface area contributed by atoms with E-state index in [0.717, 1.165) is 39.1 Å². The molecule has 0 bridgehead atoms. The molecule has 2 aliphatic rings. The van der Waals surface area contributed by atoms with Crippen molar-refractivity contribution in [1.82, 2.24) is 10.2 Å². The van der Waals surface area contributed by atoms with Gasteiger partial charge in [-0.3, -0.25) is 9.69 Å². The van der Waals surface area contributed by atoms with Crippen molar-refractivity contribution in [3.05, 3.63) is 65.2 Å². The molecule has 2 aromatic rings. The van der Waals surface area contributed by atoms with Crippen molar-refractivity contribution in [2.75, 3.05) is 32.8 Å². The number of carbonyl (C=O) groups excluding carboxylic acids is 1. The Balaban J connectivity index is 1.47. The van der Waals surface area contributed by atoms with Gasteiger partial charge in [0.25, 0.3) is 5.91 Å². The van der Waals surface area contributed by atoms with Gasteiger partial charge in [-0.15, -0.1) is 0 Å². The molecule has 0 radical (unpaired) electrons. The van der Waals surface area contributed by atoms with Gasteiger partial charge in [0.1, 0.15) is 5.75 Å². The van der Waals surface area contributed by atoms with Crippen LogP contribution in [0.5, 0.6) is 5.75 Å². The molecular formula is C23H28N2O3. The minimum absolute atomic E-state index is 0.0818. The number of amides is 1. The number of para-hydroxylation sites is 1. The second-order valence-corrected chi connectivity index (χ2v) is 7.60. The van der Waals surface area contributed by atoms with Crippen molar-refractivity contribution in [3.8, 4) is 5.75 Å². The van der Waals surface area contributed by atoms with Crippen LogP contribution in [-0.2, 0) is 4.74 Å². The van der Waals surface area contributed by atoms with E-state index >= 15 is 0 Å². The molecule has 0 spiro atoms. The predicted octanol–water partition coefficient (Wildman–Crippen LogP) is 3.34. The number of morpholine rings is 1. The van der Waals surface area contributed by atoms with Crippen LogP contribution in [0.4, 0.5) is 0 Å². The highest BCUT2D eigenvalue weighted by Gasteiger charge is 2.27. The summed E-state index contributed by atoms with van der Waals surface area (Å²) < 4.78 is 11.4. The fraction of sp³-hybridized carbons (Fsp3) is 0.435. The Bertz CT molecular complexity index is 796. The second kappa shape index (κ2) is 8.76. The maximum atomic E-state index is 12.9. The van der Waals surface area contributed by atoms with Crippen LogP contribution in [0.3, 0.4) is 0 Å². The number of nitrogens with zero attached hydrogens (tertiary/aromatic N) is 1. The number of aryl methyl sites for hydroxylation is 1. The van der Waals surface area contributed by atoms with E-state index in [2.05, 4.69) is 41.4 Å². The Morgan fingerprint density at radius 2 is 1.86 bits per heavy atom. The summed E-state index contributed by atoms with van der Waals surface area (Å²) in [5, 5.41) is 3.14. The molecule has 148 valence electrons. The van der Waals surface area contributed by atoms with E-state index in [1.165, 1.54) is 11.1 Å². The normalized spacial score (nSPS) is 18.5. The highest BCUT2D eigenvalue weighted by atomic mass is 16.5. The van der Waals surface area contributed by atoms with E-state index in [0.29, 0.717) is 17.9 Å². The number of rotatable bonds is 7. The predicted molar refractivity (Wildman–Crippen MR) is 109 cm³/mol. The van der Waals surface area contributed by atoms with Crippen LogP contribution in [0.15, 0.2) is 48.5 Å². The molecule has 1 amide bonds. The van der Waals surface area contributed by atoms with Crippen molar-refractivity contribution < 1.29 is 14.3 Å². The zero-order valence-electron chi connectivity index (χ0n) is 16.4. The summed E-state index contributed by atoms with van der Waals surface area (Å²) in [6.07, 6.45) is 2.41. The van der Waals surface area contributed by atoms with E-state index in [1.807, 2.05) is 24.3 Å². The number of benzene rings is 2. The average molecular weight is 380 g/mol. The molecule has 5 nitrogen and oxygen atoms in total. The summed E-state index contributed by atoms with van der Waals surface area (Å²) in [5.41, 5.74) is 3.06. The van der Waals surface area contributed by atoms with Crippen LogP contribution < -0.4 is 10.1 Å². The lowest BCUT2D eigenvalue weighted by Crippen LogP contribution is -2.43. The molecule has 1 unspecified atom stereocenters. The average Bonchev–Trinajstić information content (AvgIpc) is 3.54. The van der Waals surface area contributed by atoms with Gasteiger partial charge in [-0.2, -0.15) is 0 Å². The van der Waals surface area contributed by atoms with Gasteiger partial charge >= 0.3 is 0 Å². The van der Waals surface area contributed by atoms with Gasteiger partial charge in [0.05, 0.1) is 30.9 Å². The summed E-state index contributed by atoms with van der Waals surface area (Å²) >= 11 is 0. The van der Waals surface area contributed by atoms with Crippen molar-refractivity contribution in [3.63, 3.8) is 0 Å². The van der Waals surface area contributed by atoms with Gasteiger partial charge in [-0.05, 0) is 37.5 Å². The number of ether oxygens (including phenoxy) is 2. The minimum Gasteiger partial charge on any atom is -0.490 e. The molecule has 4 rings (SSSR count). The van der Waals surface area contributed by atoms with E-state index < -0.39 is 0 Å². The smallest absolute Gasteiger partial charge is 0.255 e. The van der Waals surface area contributed by atoms with Crippen LogP contribution in [0.25, 0.3) is 0 Å². The summed E-state index contributed by atoms with van der Waals surface area (Å²) in [5.74, 6) is 0.599. The Morgan fingerprint density at radius 3 is 2.57 bits per heavy atom. The third-order valence-electron chi connectivity index (χ3n) is 5.35. The second-order valence-electron chi connectivity index (χ2n) is 7.60. The molecule has 2 aromatic carbocycles. The molecule has 1 N–H and O–H groups in total. The molecule has 1 aliphatic heterocycles. The summed E-state index contributed by atoms with van der Waals surface area (Å²) in [4.78, 5) is 15.3. The zero-order valence-corrected chi connectivity index (χ0v) is 16.4. The first-order valence-corrected chi connectivity index (χ1v) is 10.1. The van der Waals surface area contributed by atoms with E-state index in [4.69, 9.17) is 9.47 Å². The van der Waals surface area contributed by atoms with Gasteiger partial charge in [0.15, 0.2) is 0 Å².